The Labute approximate surface area is 124 Å². The van der Waals surface area contributed by atoms with E-state index in [-0.39, 0.29) is 10.5 Å². The monoisotopic (exact) mass is 295 g/mol. The van der Waals surface area contributed by atoms with Crippen molar-refractivity contribution in [3.63, 3.8) is 0 Å². The summed E-state index contributed by atoms with van der Waals surface area (Å²) in [6, 6.07) is 7.85. The van der Waals surface area contributed by atoms with E-state index in [2.05, 4.69) is 20.8 Å². The number of rotatable bonds is 3. The van der Waals surface area contributed by atoms with Crippen molar-refractivity contribution in [3.8, 4) is 0 Å². The number of hydrogen-bond acceptors (Lipinski definition) is 4. The second-order valence-electron chi connectivity index (χ2n) is 5.30. The molecule has 0 radical (unpaired) electrons. The molecule has 2 nitrogen and oxygen atoms in total. The SMILES string of the molecule is CSC(=Nc1ccccc1CC(C)=O)SC(C)(C)C. The fraction of sp³-hybridized carbons (Fsp3) is 0.467. The van der Waals surface area contributed by atoms with Crippen molar-refractivity contribution in [1.82, 2.24) is 0 Å². The molecule has 0 aliphatic carbocycles. The number of nitrogens with zero attached hydrogens (tertiary/aromatic N) is 1. The third kappa shape index (κ3) is 6.30. The molecular weight excluding hydrogens is 274 g/mol. The molecular formula is C15H21NOS2. The largest absolute Gasteiger partial charge is 0.300 e. The number of benzene rings is 1. The van der Waals surface area contributed by atoms with Gasteiger partial charge in [-0.2, -0.15) is 0 Å². The van der Waals surface area contributed by atoms with Crippen molar-refractivity contribution >= 4 is 39.4 Å². The van der Waals surface area contributed by atoms with Crippen LogP contribution in [0, 0.1) is 0 Å². The van der Waals surface area contributed by atoms with Gasteiger partial charge in [0.25, 0.3) is 0 Å². The number of thioether (sulfide) groups is 2. The molecule has 0 heterocycles. The number of carbonyl (C=O) groups excluding carboxylic acids is 1. The number of hydrogen-bond donors (Lipinski definition) is 0. The van der Waals surface area contributed by atoms with Crippen molar-refractivity contribution in [2.24, 2.45) is 4.99 Å². The van der Waals surface area contributed by atoms with Crippen molar-refractivity contribution in [2.75, 3.05) is 6.26 Å². The fourth-order valence-corrected chi connectivity index (χ4v) is 3.45. The normalized spacial score (nSPS) is 12.6. The molecule has 0 aromatic heterocycles. The summed E-state index contributed by atoms with van der Waals surface area (Å²) in [6.07, 6.45) is 2.48. The van der Waals surface area contributed by atoms with E-state index in [0.29, 0.717) is 6.42 Å². The Kier molecular flexibility index (Phi) is 6.14. The van der Waals surface area contributed by atoms with Crippen LogP contribution in [-0.2, 0) is 11.2 Å². The zero-order valence-electron chi connectivity index (χ0n) is 12.2. The Balaban J connectivity index is 3.04. The van der Waals surface area contributed by atoms with Crippen LogP contribution in [0.5, 0.6) is 0 Å². The first-order valence-corrected chi connectivity index (χ1v) is 8.25. The maximum absolute atomic E-state index is 11.3. The Morgan fingerprint density at radius 3 is 2.42 bits per heavy atom. The van der Waals surface area contributed by atoms with Gasteiger partial charge in [-0.1, -0.05) is 50.7 Å². The van der Waals surface area contributed by atoms with Crippen LogP contribution in [0.25, 0.3) is 0 Å². The fourth-order valence-electron chi connectivity index (χ4n) is 1.51. The number of ketones is 1. The molecule has 1 aromatic carbocycles. The molecule has 0 saturated carbocycles. The lowest BCUT2D eigenvalue weighted by molar-refractivity contribution is -0.116. The smallest absolute Gasteiger partial charge is 0.134 e. The lowest BCUT2D eigenvalue weighted by atomic mass is 10.1. The second-order valence-corrected chi connectivity index (χ2v) is 8.17. The third-order valence-corrected chi connectivity index (χ3v) is 4.28. The van der Waals surface area contributed by atoms with E-state index in [4.69, 9.17) is 4.99 Å². The zero-order valence-corrected chi connectivity index (χ0v) is 13.8. The highest BCUT2D eigenvalue weighted by atomic mass is 32.2. The minimum Gasteiger partial charge on any atom is -0.300 e. The summed E-state index contributed by atoms with van der Waals surface area (Å²) in [6.45, 7) is 8.13. The van der Waals surface area contributed by atoms with Gasteiger partial charge in [0.15, 0.2) is 0 Å². The maximum Gasteiger partial charge on any atom is 0.134 e. The van der Waals surface area contributed by atoms with Gasteiger partial charge < -0.3 is 0 Å². The van der Waals surface area contributed by atoms with Crippen molar-refractivity contribution in [1.29, 1.82) is 0 Å². The van der Waals surface area contributed by atoms with Crippen LogP contribution < -0.4 is 0 Å². The average Bonchev–Trinajstić information content (AvgIpc) is 2.28. The summed E-state index contributed by atoms with van der Waals surface area (Å²) in [5.41, 5.74) is 1.90. The van der Waals surface area contributed by atoms with Gasteiger partial charge in [0.2, 0.25) is 0 Å². The van der Waals surface area contributed by atoms with E-state index in [1.165, 1.54) is 0 Å². The van der Waals surface area contributed by atoms with Gasteiger partial charge in [-0.3, -0.25) is 4.79 Å². The lowest BCUT2D eigenvalue weighted by Crippen LogP contribution is -2.10. The number of carbonyl (C=O) groups is 1. The highest BCUT2D eigenvalue weighted by Gasteiger charge is 2.15. The Morgan fingerprint density at radius 1 is 1.26 bits per heavy atom. The minimum absolute atomic E-state index is 0.136. The molecule has 0 unspecified atom stereocenters. The lowest BCUT2D eigenvalue weighted by Gasteiger charge is -2.18. The van der Waals surface area contributed by atoms with Gasteiger partial charge in [0.05, 0.1) is 5.69 Å². The first-order valence-electron chi connectivity index (χ1n) is 6.21. The van der Waals surface area contributed by atoms with Crippen molar-refractivity contribution < 1.29 is 4.79 Å². The average molecular weight is 295 g/mol. The molecule has 0 aliphatic rings. The van der Waals surface area contributed by atoms with Crippen molar-refractivity contribution in [3.05, 3.63) is 29.8 Å². The molecule has 0 aliphatic heterocycles. The van der Waals surface area contributed by atoms with E-state index in [0.717, 1.165) is 15.6 Å². The van der Waals surface area contributed by atoms with Crippen LogP contribution >= 0.6 is 23.5 Å². The van der Waals surface area contributed by atoms with E-state index in [1.54, 1.807) is 30.4 Å². The quantitative estimate of drug-likeness (QED) is 0.598. The summed E-state index contributed by atoms with van der Waals surface area (Å²) < 4.78 is 1.17. The van der Waals surface area contributed by atoms with Crippen LogP contribution in [0.15, 0.2) is 29.3 Å². The topological polar surface area (TPSA) is 29.4 Å². The van der Waals surface area contributed by atoms with E-state index in [9.17, 15) is 4.79 Å². The zero-order chi connectivity index (χ0) is 14.5. The van der Waals surface area contributed by atoms with Gasteiger partial charge in [-0.15, -0.1) is 11.8 Å². The van der Waals surface area contributed by atoms with Crippen LogP contribution in [0.4, 0.5) is 5.69 Å². The van der Waals surface area contributed by atoms with Gasteiger partial charge in [0.1, 0.15) is 10.2 Å². The Bertz CT molecular complexity index is 475. The molecule has 4 heteroatoms. The molecule has 0 fully saturated rings. The van der Waals surface area contributed by atoms with E-state index in [1.807, 2.05) is 30.5 Å². The van der Waals surface area contributed by atoms with Gasteiger partial charge in [-0.05, 0) is 24.8 Å². The first kappa shape index (κ1) is 16.3. The molecule has 1 rings (SSSR count). The van der Waals surface area contributed by atoms with Crippen LogP contribution in [0.1, 0.15) is 33.3 Å². The summed E-state index contributed by atoms with van der Waals surface area (Å²) in [7, 11) is 0. The summed E-state index contributed by atoms with van der Waals surface area (Å²) >= 11 is 3.40. The number of aliphatic imine (C=N–C) groups is 1. The Morgan fingerprint density at radius 2 is 1.89 bits per heavy atom. The van der Waals surface area contributed by atoms with E-state index < -0.39 is 0 Å². The molecule has 1 aromatic rings. The molecule has 0 N–H and O–H groups in total. The van der Waals surface area contributed by atoms with Gasteiger partial charge in [-0.25, -0.2) is 4.99 Å². The van der Waals surface area contributed by atoms with Gasteiger partial charge in [0, 0.05) is 11.2 Å². The first-order chi connectivity index (χ1) is 8.81. The minimum atomic E-state index is 0.136. The van der Waals surface area contributed by atoms with Crippen LogP contribution in [0.3, 0.4) is 0 Å². The molecule has 0 bridgehead atoms. The molecule has 0 spiro atoms. The number of Topliss-reactive ketones (excluding diaryl/α,β-unsaturated/α-hetero) is 1. The summed E-state index contributed by atoms with van der Waals surface area (Å²) in [5.74, 6) is 0.164. The Hall–Kier alpha value is -0.740. The molecule has 0 saturated heterocycles. The van der Waals surface area contributed by atoms with Crippen LogP contribution in [0.2, 0.25) is 0 Å². The maximum atomic E-state index is 11.3. The predicted molar refractivity (Wildman–Crippen MR) is 88.8 cm³/mol. The van der Waals surface area contributed by atoms with Crippen molar-refractivity contribution in [2.45, 2.75) is 38.9 Å². The predicted octanol–water partition coefficient (Wildman–Crippen LogP) is 4.70. The summed E-state index contributed by atoms with van der Waals surface area (Å²) in [5, 5.41) is 0. The third-order valence-electron chi connectivity index (χ3n) is 2.21. The van der Waals surface area contributed by atoms with Crippen LogP contribution in [-0.4, -0.2) is 21.2 Å². The van der Waals surface area contributed by atoms with E-state index >= 15 is 0 Å². The second kappa shape index (κ2) is 7.15. The summed E-state index contributed by atoms with van der Waals surface area (Å²) in [4.78, 5) is 16.0. The van der Waals surface area contributed by atoms with Gasteiger partial charge >= 0.3 is 0 Å². The highest BCUT2D eigenvalue weighted by Crippen LogP contribution is 2.32. The number of para-hydroxylation sites is 1. The molecule has 0 amide bonds. The molecule has 19 heavy (non-hydrogen) atoms. The highest BCUT2D eigenvalue weighted by molar-refractivity contribution is 8.39. The standard InChI is InChI=1S/C15H21NOS2/c1-11(17)10-12-8-6-7-9-13(12)16-14(18-5)19-15(2,3)4/h6-9H,10H2,1-5H3. The molecule has 0 atom stereocenters. The molecule has 104 valence electrons.